The average molecular weight is 1100 g/mol. The molecule has 0 aliphatic carbocycles. The van der Waals surface area contributed by atoms with Crippen LogP contribution in [-0.2, 0) is 32.7 Å². The number of phosphoric ester groups is 1. The van der Waals surface area contributed by atoms with Crippen LogP contribution >= 0.6 is 7.82 Å². The van der Waals surface area contributed by atoms with Gasteiger partial charge in [0.2, 0.25) is 0 Å². The molecule has 9 nitrogen and oxygen atoms in total. The standard InChI is InChI=1S/C67H124NO8P/c1-6-8-10-12-14-16-18-20-22-24-25-26-27-28-29-30-31-32-33-34-35-36-37-38-39-40-41-42-43-44-46-48-50-52-54-56-58-60-67(70)76-65(64-75-77(71,72)74-62-61-68(3,4)5)63-73-66(69)59-57-55-53-51-49-47-45-23-21-19-17-15-13-11-9-7-2/h8,10,14,16,20,22,25-26,28-29,65H,6-7,9,11-13,15,17-19,21,23-24,27,30-64H2,1-5H3/p+1/b10-8-,16-14-,22-20-,26-25-,29-28-. The second-order valence-electron chi connectivity index (χ2n) is 23.1. The van der Waals surface area contributed by atoms with Crippen LogP contribution in [0.1, 0.15) is 303 Å². The summed E-state index contributed by atoms with van der Waals surface area (Å²) in [6.07, 6.45) is 76.0. The summed E-state index contributed by atoms with van der Waals surface area (Å²) >= 11 is 0. The number of unbranched alkanes of at least 4 members (excludes halogenated alkanes) is 36. The van der Waals surface area contributed by atoms with E-state index in [0.29, 0.717) is 23.9 Å². The van der Waals surface area contributed by atoms with Crippen molar-refractivity contribution in [3.8, 4) is 0 Å². The number of esters is 2. The lowest BCUT2D eigenvalue weighted by molar-refractivity contribution is -0.870. The van der Waals surface area contributed by atoms with E-state index in [-0.39, 0.29) is 25.6 Å². The minimum absolute atomic E-state index is 0.0340. The summed E-state index contributed by atoms with van der Waals surface area (Å²) in [5, 5.41) is 0. The van der Waals surface area contributed by atoms with Crippen molar-refractivity contribution in [3.63, 3.8) is 0 Å². The van der Waals surface area contributed by atoms with Gasteiger partial charge in [-0.2, -0.15) is 0 Å². The number of carbonyl (C=O) groups excluding carboxylic acids is 2. The van der Waals surface area contributed by atoms with Crippen LogP contribution in [0, 0.1) is 0 Å². The zero-order valence-electron chi connectivity index (χ0n) is 51.2. The highest BCUT2D eigenvalue weighted by Crippen LogP contribution is 2.43. The van der Waals surface area contributed by atoms with E-state index in [1.807, 2.05) is 21.1 Å². The van der Waals surface area contributed by atoms with Gasteiger partial charge in [0, 0.05) is 12.8 Å². The van der Waals surface area contributed by atoms with E-state index in [4.69, 9.17) is 18.5 Å². The van der Waals surface area contributed by atoms with Crippen molar-refractivity contribution in [2.45, 2.75) is 309 Å². The van der Waals surface area contributed by atoms with Crippen LogP contribution in [0.25, 0.3) is 0 Å². The lowest BCUT2D eigenvalue weighted by Gasteiger charge is -2.24. The van der Waals surface area contributed by atoms with Crippen molar-refractivity contribution in [3.05, 3.63) is 60.8 Å². The maximum Gasteiger partial charge on any atom is 0.472 e. The first-order valence-corrected chi connectivity index (χ1v) is 34.0. The third kappa shape index (κ3) is 62.8. The number of phosphoric acid groups is 1. The molecular weight excluding hydrogens is 978 g/mol. The monoisotopic (exact) mass is 1100 g/mol. The molecule has 0 aliphatic rings. The highest BCUT2D eigenvalue weighted by molar-refractivity contribution is 7.47. The van der Waals surface area contributed by atoms with Gasteiger partial charge in [-0.25, -0.2) is 4.57 Å². The maximum atomic E-state index is 12.8. The van der Waals surface area contributed by atoms with E-state index in [0.717, 1.165) is 64.2 Å². The molecule has 450 valence electrons. The average Bonchev–Trinajstić information content (AvgIpc) is 3.39. The van der Waals surface area contributed by atoms with Gasteiger partial charge >= 0.3 is 19.8 Å². The third-order valence-electron chi connectivity index (χ3n) is 14.3. The largest absolute Gasteiger partial charge is 0.472 e. The Bertz CT molecular complexity index is 1480. The van der Waals surface area contributed by atoms with E-state index < -0.39 is 26.5 Å². The van der Waals surface area contributed by atoms with Crippen LogP contribution in [0.2, 0.25) is 0 Å². The molecule has 77 heavy (non-hydrogen) atoms. The van der Waals surface area contributed by atoms with Crippen LogP contribution in [0.3, 0.4) is 0 Å². The number of rotatable bonds is 60. The fraction of sp³-hybridized carbons (Fsp3) is 0.821. The predicted molar refractivity (Wildman–Crippen MR) is 330 cm³/mol. The summed E-state index contributed by atoms with van der Waals surface area (Å²) in [5.41, 5.74) is 0. The van der Waals surface area contributed by atoms with Crippen molar-refractivity contribution in [2.24, 2.45) is 0 Å². The molecule has 1 N–H and O–H groups in total. The van der Waals surface area contributed by atoms with Gasteiger partial charge < -0.3 is 18.9 Å². The third-order valence-corrected chi connectivity index (χ3v) is 15.3. The quantitative estimate of drug-likeness (QED) is 0.0211. The molecule has 0 spiro atoms. The van der Waals surface area contributed by atoms with E-state index in [1.165, 1.54) is 205 Å². The summed E-state index contributed by atoms with van der Waals surface area (Å²) in [7, 11) is 1.49. The van der Waals surface area contributed by atoms with E-state index in [1.54, 1.807) is 0 Å². The predicted octanol–water partition coefficient (Wildman–Crippen LogP) is 20.7. The van der Waals surface area contributed by atoms with Crippen LogP contribution in [0.5, 0.6) is 0 Å². The molecule has 0 aromatic heterocycles. The van der Waals surface area contributed by atoms with Gasteiger partial charge in [0.15, 0.2) is 6.10 Å². The number of carbonyl (C=O) groups is 2. The fourth-order valence-electron chi connectivity index (χ4n) is 9.34. The Balaban J connectivity index is 3.95. The highest BCUT2D eigenvalue weighted by Gasteiger charge is 2.27. The summed E-state index contributed by atoms with van der Waals surface area (Å²) in [6, 6.07) is 0. The minimum Gasteiger partial charge on any atom is -0.462 e. The fourth-order valence-corrected chi connectivity index (χ4v) is 10.1. The lowest BCUT2D eigenvalue weighted by atomic mass is 10.0. The second kappa shape index (κ2) is 58.4. The molecule has 0 saturated heterocycles. The molecule has 2 unspecified atom stereocenters. The molecule has 0 fully saturated rings. The zero-order chi connectivity index (χ0) is 56.3. The van der Waals surface area contributed by atoms with E-state index in [2.05, 4.69) is 74.6 Å². The first-order valence-electron chi connectivity index (χ1n) is 32.5. The van der Waals surface area contributed by atoms with Crippen molar-refractivity contribution >= 4 is 19.8 Å². The van der Waals surface area contributed by atoms with Gasteiger partial charge in [-0.3, -0.25) is 18.6 Å². The summed E-state index contributed by atoms with van der Waals surface area (Å²) in [5.74, 6) is -0.780. The van der Waals surface area contributed by atoms with Crippen molar-refractivity contribution in [1.29, 1.82) is 0 Å². The molecule has 0 amide bonds. The van der Waals surface area contributed by atoms with Gasteiger partial charge in [-0.05, 0) is 57.8 Å². The molecular formula is C67H125NO8P+. The Morgan fingerprint density at radius 2 is 0.740 bits per heavy atom. The Labute approximate surface area is 476 Å². The number of ether oxygens (including phenoxy) is 2. The molecule has 0 saturated carbocycles. The molecule has 0 radical (unpaired) electrons. The minimum atomic E-state index is -4.38. The van der Waals surface area contributed by atoms with Gasteiger partial charge in [0.1, 0.15) is 19.8 Å². The van der Waals surface area contributed by atoms with Gasteiger partial charge in [-0.15, -0.1) is 0 Å². The Morgan fingerprint density at radius 1 is 0.416 bits per heavy atom. The molecule has 0 heterocycles. The van der Waals surface area contributed by atoms with Crippen LogP contribution < -0.4 is 0 Å². The van der Waals surface area contributed by atoms with Crippen LogP contribution in [0.4, 0.5) is 0 Å². The number of likely N-dealkylation sites (N-methyl/N-ethyl adjacent to an activating group) is 1. The molecule has 0 aromatic rings. The van der Waals surface area contributed by atoms with Crippen molar-refractivity contribution in [2.75, 3.05) is 47.5 Å². The normalized spacial score (nSPS) is 13.6. The number of hydrogen-bond acceptors (Lipinski definition) is 7. The topological polar surface area (TPSA) is 108 Å². The lowest BCUT2D eigenvalue weighted by Crippen LogP contribution is -2.37. The smallest absolute Gasteiger partial charge is 0.462 e. The summed E-state index contributed by atoms with van der Waals surface area (Å²) < 4.78 is 34.6. The molecule has 0 bridgehead atoms. The SMILES string of the molecule is CC/C=C\C/C=C\C/C=C\C/C=C\C/C=C\CCCCCCCCCCCCCCCCCCCCCCCC(=O)OC(COC(=O)CCCCCCCCCCCCCCCCCC)COP(=O)(O)OCC[N+](C)(C)C. The van der Waals surface area contributed by atoms with Gasteiger partial charge in [0.05, 0.1) is 27.7 Å². The van der Waals surface area contributed by atoms with Gasteiger partial charge in [0.25, 0.3) is 0 Å². The molecule has 0 rings (SSSR count). The van der Waals surface area contributed by atoms with E-state index in [9.17, 15) is 19.0 Å². The molecule has 2 atom stereocenters. The Morgan fingerprint density at radius 3 is 1.10 bits per heavy atom. The number of quaternary nitrogens is 1. The maximum absolute atomic E-state index is 12.8. The van der Waals surface area contributed by atoms with E-state index >= 15 is 0 Å². The second-order valence-corrected chi connectivity index (χ2v) is 24.6. The summed E-state index contributed by atoms with van der Waals surface area (Å²) in [4.78, 5) is 35.7. The van der Waals surface area contributed by atoms with Crippen LogP contribution in [-0.4, -0.2) is 74.9 Å². The molecule has 10 heteroatoms. The van der Waals surface area contributed by atoms with Gasteiger partial charge in [-0.1, -0.05) is 293 Å². The first-order chi connectivity index (χ1) is 37.5. The van der Waals surface area contributed by atoms with Crippen LogP contribution in [0.15, 0.2) is 60.8 Å². The van der Waals surface area contributed by atoms with Crippen molar-refractivity contribution < 1.29 is 42.1 Å². The number of hydrogen-bond donors (Lipinski definition) is 1. The molecule has 0 aromatic carbocycles. The number of nitrogens with zero attached hydrogens (tertiary/aromatic N) is 1. The first kappa shape index (κ1) is 74.7. The number of allylic oxidation sites excluding steroid dienone is 10. The Kier molecular flexibility index (Phi) is 56.6. The zero-order valence-corrected chi connectivity index (χ0v) is 52.1. The highest BCUT2D eigenvalue weighted by atomic mass is 31.2. The van der Waals surface area contributed by atoms with Crippen molar-refractivity contribution in [1.82, 2.24) is 0 Å². The summed E-state index contributed by atoms with van der Waals surface area (Å²) in [6.45, 7) is 4.37. The Hall–Kier alpha value is -2.29. The molecule has 0 aliphatic heterocycles.